The van der Waals surface area contributed by atoms with Gasteiger partial charge in [-0.3, -0.25) is 0 Å². The van der Waals surface area contributed by atoms with Gasteiger partial charge in [-0.1, -0.05) is 20.8 Å². The third-order valence-electron chi connectivity index (χ3n) is 4.70. The summed E-state index contributed by atoms with van der Waals surface area (Å²) in [5.41, 5.74) is 0.587. The number of hydrogen-bond acceptors (Lipinski definition) is 2. The van der Waals surface area contributed by atoms with Crippen molar-refractivity contribution in [3.63, 3.8) is 0 Å². The molecule has 3 atom stereocenters. The number of nitrogens with zero attached hydrogens (tertiary/aromatic N) is 1. The van der Waals surface area contributed by atoms with E-state index in [-0.39, 0.29) is 0 Å². The summed E-state index contributed by atoms with van der Waals surface area (Å²) in [6, 6.07) is 0. The molecule has 0 aliphatic carbocycles. The van der Waals surface area contributed by atoms with E-state index in [2.05, 4.69) is 31.0 Å². The minimum absolute atomic E-state index is 0.587. The second-order valence-electron chi connectivity index (χ2n) is 5.93. The molecule has 3 unspecified atom stereocenters. The van der Waals surface area contributed by atoms with E-state index in [1.54, 1.807) is 0 Å². The standard InChI is InChI=1S/C13H26N2/c1-4-13(5-6-14-9-13)10-15-7-11(2)12(3)8-15/h11-12,14H,4-10H2,1-3H3. The largest absolute Gasteiger partial charge is 0.316 e. The number of rotatable bonds is 3. The van der Waals surface area contributed by atoms with Crippen LogP contribution in [0.15, 0.2) is 0 Å². The maximum atomic E-state index is 3.53. The quantitative estimate of drug-likeness (QED) is 0.766. The van der Waals surface area contributed by atoms with Crippen LogP contribution >= 0.6 is 0 Å². The molecule has 2 heterocycles. The summed E-state index contributed by atoms with van der Waals surface area (Å²) in [5.74, 6) is 1.79. The van der Waals surface area contributed by atoms with E-state index in [0.29, 0.717) is 5.41 Å². The van der Waals surface area contributed by atoms with Crippen LogP contribution in [0.4, 0.5) is 0 Å². The molecule has 2 aliphatic heterocycles. The molecule has 2 heteroatoms. The van der Waals surface area contributed by atoms with Crippen LogP contribution in [0.2, 0.25) is 0 Å². The van der Waals surface area contributed by atoms with Gasteiger partial charge in [0.2, 0.25) is 0 Å². The van der Waals surface area contributed by atoms with Gasteiger partial charge >= 0.3 is 0 Å². The molecule has 0 aromatic rings. The normalized spacial score (nSPS) is 42.6. The number of nitrogens with one attached hydrogen (secondary N) is 1. The van der Waals surface area contributed by atoms with Crippen molar-refractivity contribution in [2.24, 2.45) is 17.3 Å². The van der Waals surface area contributed by atoms with Gasteiger partial charge in [0.15, 0.2) is 0 Å². The van der Waals surface area contributed by atoms with Crippen molar-refractivity contribution in [3.05, 3.63) is 0 Å². The average molecular weight is 210 g/mol. The van der Waals surface area contributed by atoms with Crippen LogP contribution < -0.4 is 5.32 Å². The first-order valence-corrected chi connectivity index (χ1v) is 6.58. The van der Waals surface area contributed by atoms with E-state index in [9.17, 15) is 0 Å². The molecule has 0 spiro atoms. The highest BCUT2D eigenvalue weighted by Gasteiger charge is 2.36. The van der Waals surface area contributed by atoms with Gasteiger partial charge in [-0.2, -0.15) is 0 Å². The minimum atomic E-state index is 0.587. The molecule has 1 N–H and O–H groups in total. The Labute approximate surface area is 94.4 Å². The van der Waals surface area contributed by atoms with Crippen molar-refractivity contribution in [1.29, 1.82) is 0 Å². The molecule has 2 fully saturated rings. The van der Waals surface area contributed by atoms with E-state index in [0.717, 1.165) is 11.8 Å². The molecular weight excluding hydrogens is 184 g/mol. The van der Waals surface area contributed by atoms with E-state index < -0.39 is 0 Å². The fourth-order valence-electron chi connectivity index (χ4n) is 3.20. The second-order valence-corrected chi connectivity index (χ2v) is 5.93. The van der Waals surface area contributed by atoms with Gasteiger partial charge < -0.3 is 10.2 Å². The van der Waals surface area contributed by atoms with Crippen molar-refractivity contribution in [1.82, 2.24) is 10.2 Å². The predicted octanol–water partition coefficient (Wildman–Crippen LogP) is 1.96. The molecule has 2 nitrogen and oxygen atoms in total. The molecule has 0 saturated carbocycles. The Balaban J connectivity index is 1.90. The van der Waals surface area contributed by atoms with Crippen LogP contribution in [0, 0.1) is 17.3 Å². The zero-order valence-electron chi connectivity index (χ0n) is 10.6. The summed E-state index contributed by atoms with van der Waals surface area (Å²) in [6.45, 7) is 13.6. The lowest BCUT2D eigenvalue weighted by Gasteiger charge is -2.32. The third kappa shape index (κ3) is 2.36. The van der Waals surface area contributed by atoms with E-state index in [4.69, 9.17) is 0 Å². The highest BCUT2D eigenvalue weighted by Crippen LogP contribution is 2.33. The zero-order valence-corrected chi connectivity index (χ0v) is 10.6. The van der Waals surface area contributed by atoms with Crippen molar-refractivity contribution >= 4 is 0 Å². The van der Waals surface area contributed by atoms with Crippen molar-refractivity contribution in [3.8, 4) is 0 Å². The number of likely N-dealkylation sites (tertiary alicyclic amines) is 1. The fraction of sp³-hybridized carbons (Fsp3) is 1.00. The molecular formula is C13H26N2. The summed E-state index contributed by atoms with van der Waals surface area (Å²) in [5, 5.41) is 3.53. The maximum absolute atomic E-state index is 3.53. The smallest absolute Gasteiger partial charge is 0.00507 e. The predicted molar refractivity (Wildman–Crippen MR) is 65.0 cm³/mol. The topological polar surface area (TPSA) is 15.3 Å². The van der Waals surface area contributed by atoms with Crippen LogP contribution in [0.3, 0.4) is 0 Å². The van der Waals surface area contributed by atoms with Crippen molar-refractivity contribution in [2.45, 2.75) is 33.6 Å². The monoisotopic (exact) mass is 210 g/mol. The zero-order chi connectivity index (χ0) is 10.9. The summed E-state index contributed by atoms with van der Waals surface area (Å²) in [6.07, 6.45) is 2.71. The van der Waals surface area contributed by atoms with Crippen LogP contribution in [0.25, 0.3) is 0 Å². The lowest BCUT2D eigenvalue weighted by Crippen LogP contribution is -2.38. The van der Waals surface area contributed by atoms with Crippen LogP contribution in [0.5, 0.6) is 0 Å². The first-order valence-electron chi connectivity index (χ1n) is 6.58. The van der Waals surface area contributed by atoms with Gasteiger partial charge in [0, 0.05) is 26.2 Å². The lowest BCUT2D eigenvalue weighted by molar-refractivity contribution is 0.179. The van der Waals surface area contributed by atoms with Crippen molar-refractivity contribution < 1.29 is 0 Å². The third-order valence-corrected chi connectivity index (χ3v) is 4.70. The summed E-state index contributed by atoms with van der Waals surface area (Å²) < 4.78 is 0. The Morgan fingerprint density at radius 1 is 1.27 bits per heavy atom. The summed E-state index contributed by atoms with van der Waals surface area (Å²) in [7, 11) is 0. The van der Waals surface area contributed by atoms with Crippen LogP contribution in [-0.4, -0.2) is 37.6 Å². The fourth-order valence-corrected chi connectivity index (χ4v) is 3.20. The minimum Gasteiger partial charge on any atom is -0.316 e. The molecule has 0 amide bonds. The Bertz CT molecular complexity index is 199. The Hall–Kier alpha value is -0.0800. The average Bonchev–Trinajstić information content (AvgIpc) is 2.77. The molecule has 88 valence electrons. The maximum Gasteiger partial charge on any atom is 0.00507 e. The lowest BCUT2D eigenvalue weighted by atomic mass is 9.84. The van der Waals surface area contributed by atoms with Crippen molar-refractivity contribution in [2.75, 3.05) is 32.7 Å². The highest BCUT2D eigenvalue weighted by molar-refractivity contribution is 4.91. The van der Waals surface area contributed by atoms with E-state index in [1.165, 1.54) is 45.6 Å². The summed E-state index contributed by atoms with van der Waals surface area (Å²) >= 11 is 0. The first-order chi connectivity index (χ1) is 7.15. The molecule has 2 saturated heterocycles. The Kier molecular flexibility index (Phi) is 3.36. The Morgan fingerprint density at radius 3 is 2.40 bits per heavy atom. The molecule has 0 bridgehead atoms. The SMILES string of the molecule is CCC1(CN2CC(C)C(C)C2)CCNC1. The van der Waals surface area contributed by atoms with Crippen LogP contribution in [-0.2, 0) is 0 Å². The van der Waals surface area contributed by atoms with Gasteiger partial charge in [-0.25, -0.2) is 0 Å². The van der Waals surface area contributed by atoms with E-state index in [1.807, 2.05) is 0 Å². The highest BCUT2D eigenvalue weighted by atomic mass is 15.2. The van der Waals surface area contributed by atoms with Gasteiger partial charge in [0.25, 0.3) is 0 Å². The molecule has 0 radical (unpaired) electrons. The molecule has 0 aromatic heterocycles. The van der Waals surface area contributed by atoms with Gasteiger partial charge in [0.1, 0.15) is 0 Å². The molecule has 2 aliphatic rings. The Morgan fingerprint density at radius 2 is 1.93 bits per heavy atom. The molecule has 0 aromatic carbocycles. The van der Waals surface area contributed by atoms with Gasteiger partial charge in [0.05, 0.1) is 0 Å². The summed E-state index contributed by atoms with van der Waals surface area (Å²) in [4.78, 5) is 2.70. The molecule has 15 heavy (non-hydrogen) atoms. The first kappa shape index (κ1) is 11.4. The van der Waals surface area contributed by atoms with Crippen LogP contribution in [0.1, 0.15) is 33.6 Å². The van der Waals surface area contributed by atoms with Gasteiger partial charge in [-0.05, 0) is 36.6 Å². The van der Waals surface area contributed by atoms with Gasteiger partial charge in [-0.15, -0.1) is 0 Å². The van der Waals surface area contributed by atoms with E-state index >= 15 is 0 Å². The molecule has 2 rings (SSSR count). The second kappa shape index (κ2) is 4.42. The number of hydrogen-bond donors (Lipinski definition) is 1.